The monoisotopic (exact) mass is 333 g/mol. The van der Waals surface area contributed by atoms with Crippen LogP contribution in [0, 0.1) is 22.8 Å². The van der Waals surface area contributed by atoms with Crippen LogP contribution in [0.4, 0.5) is 0 Å². The topological polar surface area (TPSA) is 65.2 Å². The summed E-state index contributed by atoms with van der Waals surface area (Å²) in [5.41, 5.74) is 0.794. The van der Waals surface area contributed by atoms with Gasteiger partial charge < -0.3 is 4.90 Å². The summed E-state index contributed by atoms with van der Waals surface area (Å²) in [5.74, 6) is 1.44. The standard InChI is InChI=1S/C17H24ClN5/c1-16(2,3)15(20-11-19)23-9-12(10-23)8-17(4,5)13-6-7-14(18)22-21-13/h6-7,12H,8-10H2,1-5H3. The van der Waals surface area contributed by atoms with Crippen molar-refractivity contribution in [3.05, 3.63) is 23.0 Å². The average molecular weight is 334 g/mol. The highest BCUT2D eigenvalue weighted by molar-refractivity contribution is 6.29. The van der Waals surface area contributed by atoms with Crippen molar-refractivity contribution in [2.75, 3.05) is 13.1 Å². The van der Waals surface area contributed by atoms with E-state index in [2.05, 4.69) is 54.7 Å². The molecule has 0 bridgehead atoms. The highest BCUT2D eigenvalue weighted by atomic mass is 35.5. The molecule has 0 amide bonds. The maximum atomic E-state index is 8.90. The Morgan fingerprint density at radius 2 is 1.96 bits per heavy atom. The highest BCUT2D eigenvalue weighted by Crippen LogP contribution is 2.35. The second-order valence-electron chi connectivity index (χ2n) is 7.89. The van der Waals surface area contributed by atoms with E-state index in [0.717, 1.165) is 31.0 Å². The second kappa shape index (κ2) is 6.45. The molecule has 5 nitrogen and oxygen atoms in total. The van der Waals surface area contributed by atoms with Crippen LogP contribution in [0.1, 0.15) is 46.7 Å². The first-order chi connectivity index (χ1) is 10.6. The number of hydrogen-bond donors (Lipinski definition) is 0. The lowest BCUT2D eigenvalue weighted by Crippen LogP contribution is -2.54. The van der Waals surface area contributed by atoms with Gasteiger partial charge in [0.15, 0.2) is 5.15 Å². The van der Waals surface area contributed by atoms with Crippen molar-refractivity contribution < 1.29 is 0 Å². The van der Waals surface area contributed by atoms with E-state index in [1.165, 1.54) is 0 Å². The third-order valence-corrected chi connectivity index (χ3v) is 4.41. The predicted molar refractivity (Wildman–Crippen MR) is 92.3 cm³/mol. The van der Waals surface area contributed by atoms with Crippen LogP contribution in [0.3, 0.4) is 0 Å². The number of rotatable bonds is 3. The minimum Gasteiger partial charge on any atom is -0.358 e. The zero-order chi connectivity index (χ0) is 17.3. The summed E-state index contributed by atoms with van der Waals surface area (Å²) in [5, 5.41) is 17.5. The minimum absolute atomic E-state index is 0.0530. The van der Waals surface area contributed by atoms with E-state index in [0.29, 0.717) is 11.1 Å². The van der Waals surface area contributed by atoms with Gasteiger partial charge >= 0.3 is 0 Å². The third kappa shape index (κ3) is 4.20. The minimum atomic E-state index is -0.113. The Morgan fingerprint density at radius 1 is 1.30 bits per heavy atom. The maximum absolute atomic E-state index is 8.90. The van der Waals surface area contributed by atoms with Gasteiger partial charge in [0.1, 0.15) is 5.84 Å². The average Bonchev–Trinajstić information content (AvgIpc) is 2.39. The van der Waals surface area contributed by atoms with Crippen molar-refractivity contribution in [3.8, 4) is 6.19 Å². The SMILES string of the molecule is CC(C)(C)C(=NC#N)N1CC(CC(C)(C)c2ccc(Cl)nn2)C1. The van der Waals surface area contributed by atoms with Gasteiger partial charge in [-0.25, -0.2) is 0 Å². The Bertz CT molecular complexity index is 616. The smallest absolute Gasteiger partial charge is 0.207 e. The number of likely N-dealkylation sites (tertiary alicyclic amines) is 1. The second-order valence-corrected chi connectivity index (χ2v) is 8.27. The lowest BCUT2D eigenvalue weighted by molar-refractivity contribution is 0.140. The molecule has 0 aromatic carbocycles. The van der Waals surface area contributed by atoms with Crippen LogP contribution < -0.4 is 0 Å². The van der Waals surface area contributed by atoms with Gasteiger partial charge in [0, 0.05) is 23.9 Å². The Morgan fingerprint density at radius 3 is 2.43 bits per heavy atom. The maximum Gasteiger partial charge on any atom is 0.207 e. The molecule has 0 aliphatic carbocycles. The van der Waals surface area contributed by atoms with Crippen molar-refractivity contribution in [2.45, 2.75) is 46.5 Å². The normalized spacial score (nSPS) is 16.9. The summed E-state index contributed by atoms with van der Waals surface area (Å²) >= 11 is 5.81. The molecule has 2 heterocycles. The van der Waals surface area contributed by atoms with Gasteiger partial charge in [-0.1, -0.05) is 46.2 Å². The van der Waals surface area contributed by atoms with Gasteiger partial charge in [0.05, 0.1) is 5.69 Å². The van der Waals surface area contributed by atoms with Crippen LogP contribution in [0.5, 0.6) is 0 Å². The fraction of sp³-hybridized carbons (Fsp3) is 0.647. The van der Waals surface area contributed by atoms with E-state index in [4.69, 9.17) is 16.9 Å². The molecular weight excluding hydrogens is 310 g/mol. The first-order valence-corrected chi connectivity index (χ1v) is 8.23. The largest absolute Gasteiger partial charge is 0.358 e. The van der Waals surface area contributed by atoms with Crippen LogP contribution in [0.15, 0.2) is 17.1 Å². The number of nitriles is 1. The molecule has 0 N–H and O–H groups in total. The molecule has 0 saturated carbocycles. The van der Waals surface area contributed by atoms with E-state index in [-0.39, 0.29) is 10.8 Å². The number of hydrogen-bond acceptors (Lipinski definition) is 4. The van der Waals surface area contributed by atoms with E-state index in [1.54, 1.807) is 6.07 Å². The molecule has 23 heavy (non-hydrogen) atoms. The lowest BCUT2D eigenvalue weighted by atomic mass is 9.76. The van der Waals surface area contributed by atoms with E-state index in [1.807, 2.05) is 12.3 Å². The zero-order valence-electron chi connectivity index (χ0n) is 14.5. The Hall–Kier alpha value is -1.67. The summed E-state index contributed by atoms with van der Waals surface area (Å²) in [6.07, 6.45) is 2.95. The summed E-state index contributed by atoms with van der Waals surface area (Å²) < 4.78 is 0. The van der Waals surface area contributed by atoms with Crippen LogP contribution in [0.2, 0.25) is 5.15 Å². The summed E-state index contributed by atoms with van der Waals surface area (Å²) in [6.45, 7) is 12.5. The van der Waals surface area contributed by atoms with Gasteiger partial charge in [-0.3, -0.25) is 0 Å². The quantitative estimate of drug-likeness (QED) is 0.481. The van der Waals surface area contributed by atoms with Crippen molar-refractivity contribution in [3.63, 3.8) is 0 Å². The molecule has 0 radical (unpaired) electrons. The van der Waals surface area contributed by atoms with Gasteiger partial charge in [-0.15, -0.1) is 5.10 Å². The molecule has 1 aromatic heterocycles. The first-order valence-electron chi connectivity index (χ1n) is 7.85. The Labute approximate surface area is 143 Å². The number of aromatic nitrogens is 2. The molecule has 1 aliphatic heterocycles. The third-order valence-electron chi connectivity index (χ3n) is 4.21. The number of aliphatic imine (C=N–C) groups is 1. The molecule has 0 spiro atoms. The zero-order valence-corrected chi connectivity index (χ0v) is 15.2. The highest BCUT2D eigenvalue weighted by Gasteiger charge is 2.38. The molecule has 6 heteroatoms. The Kier molecular flexibility index (Phi) is 4.95. The summed E-state index contributed by atoms with van der Waals surface area (Å²) in [6, 6.07) is 3.74. The van der Waals surface area contributed by atoms with E-state index in [9.17, 15) is 0 Å². The van der Waals surface area contributed by atoms with E-state index >= 15 is 0 Å². The molecular formula is C17H24ClN5. The molecule has 1 saturated heterocycles. The van der Waals surface area contributed by atoms with Crippen LogP contribution in [-0.2, 0) is 5.41 Å². The predicted octanol–water partition coefficient (Wildman–Crippen LogP) is 3.66. The summed E-state index contributed by atoms with van der Waals surface area (Å²) in [4.78, 5) is 6.23. The molecule has 0 atom stereocenters. The molecule has 0 unspecified atom stereocenters. The van der Waals surface area contributed by atoms with Crippen LogP contribution in [0.25, 0.3) is 0 Å². The van der Waals surface area contributed by atoms with Gasteiger partial charge in [0.2, 0.25) is 6.19 Å². The fourth-order valence-electron chi connectivity index (χ4n) is 3.14. The van der Waals surface area contributed by atoms with E-state index < -0.39 is 0 Å². The number of halogens is 1. The van der Waals surface area contributed by atoms with Crippen molar-refractivity contribution >= 4 is 17.4 Å². The van der Waals surface area contributed by atoms with Crippen molar-refractivity contribution in [1.82, 2.24) is 15.1 Å². The molecule has 124 valence electrons. The van der Waals surface area contributed by atoms with Crippen molar-refractivity contribution in [1.29, 1.82) is 5.26 Å². The lowest BCUT2D eigenvalue weighted by Gasteiger charge is -2.46. The summed E-state index contributed by atoms with van der Waals surface area (Å²) in [7, 11) is 0. The molecule has 1 aromatic rings. The van der Waals surface area contributed by atoms with Crippen molar-refractivity contribution in [2.24, 2.45) is 16.3 Å². The van der Waals surface area contributed by atoms with Gasteiger partial charge in [0.25, 0.3) is 0 Å². The molecule has 1 aliphatic rings. The Balaban J connectivity index is 1.99. The van der Waals surface area contributed by atoms with Crippen LogP contribution in [-0.4, -0.2) is 34.0 Å². The molecule has 1 fully saturated rings. The molecule has 2 rings (SSSR count). The first kappa shape index (κ1) is 17.7. The number of amidine groups is 1. The number of nitrogens with zero attached hydrogens (tertiary/aromatic N) is 5. The van der Waals surface area contributed by atoms with Crippen LogP contribution >= 0.6 is 11.6 Å². The van der Waals surface area contributed by atoms with Gasteiger partial charge in [-0.05, 0) is 24.5 Å². The van der Waals surface area contributed by atoms with Gasteiger partial charge in [-0.2, -0.15) is 15.4 Å². The fourth-order valence-corrected chi connectivity index (χ4v) is 3.24.